The standard InChI is InChI=1S/C33H31N4O3/c1-23-10-9-15-31(38)37(23)26-16-17-27-29(20-26)36(2)35-32(27)28-18-19-30(39-21-24-11-5-3-6-12-24)34-33(28)40-22-25-13-7-4-8-14-25/h3-9,11-14,16-20,23H,10,15,21-22H2,1-2H3/t23-/m1/s1. The second-order valence-corrected chi connectivity index (χ2v) is 10.1. The summed E-state index contributed by atoms with van der Waals surface area (Å²) in [5, 5.41) is 5.83. The molecule has 5 aromatic rings. The zero-order valence-electron chi connectivity index (χ0n) is 22.7. The second-order valence-electron chi connectivity index (χ2n) is 10.1. The zero-order valence-corrected chi connectivity index (χ0v) is 22.7. The minimum atomic E-state index is 0.118. The molecule has 7 nitrogen and oxygen atoms in total. The molecule has 0 N–H and O–H groups in total. The molecule has 1 radical (unpaired) electrons. The molecule has 7 heteroatoms. The van der Waals surface area contributed by atoms with Crippen molar-refractivity contribution in [2.75, 3.05) is 4.90 Å². The quantitative estimate of drug-likeness (QED) is 0.228. The van der Waals surface area contributed by atoms with E-state index in [0.717, 1.165) is 45.4 Å². The molecule has 201 valence electrons. The Balaban J connectivity index is 1.35. The van der Waals surface area contributed by atoms with E-state index < -0.39 is 0 Å². The monoisotopic (exact) mass is 531 g/mol. The van der Waals surface area contributed by atoms with E-state index in [1.165, 1.54) is 0 Å². The smallest absolute Gasteiger partial charge is 0.227 e. The summed E-state index contributed by atoms with van der Waals surface area (Å²) in [5.74, 6) is 1.05. The average molecular weight is 532 g/mol. The molecule has 1 atom stereocenters. The van der Waals surface area contributed by atoms with Crippen LogP contribution in [-0.2, 0) is 25.1 Å². The van der Waals surface area contributed by atoms with E-state index in [1.54, 1.807) is 0 Å². The molecule has 1 fully saturated rings. The third-order valence-electron chi connectivity index (χ3n) is 7.19. The molecular formula is C33H31N4O3. The fourth-order valence-electron chi connectivity index (χ4n) is 5.14. The van der Waals surface area contributed by atoms with Crippen LogP contribution in [0.1, 0.15) is 30.9 Å². The highest BCUT2D eigenvalue weighted by atomic mass is 16.5. The number of benzene rings is 3. The lowest BCUT2D eigenvalue weighted by molar-refractivity contribution is -0.119. The van der Waals surface area contributed by atoms with Gasteiger partial charge in [-0.05, 0) is 55.2 Å². The number of hydrogen-bond acceptors (Lipinski definition) is 5. The molecule has 1 amide bonds. The van der Waals surface area contributed by atoms with Gasteiger partial charge in [0.15, 0.2) is 0 Å². The van der Waals surface area contributed by atoms with E-state index in [0.29, 0.717) is 31.4 Å². The highest BCUT2D eigenvalue weighted by molar-refractivity contribution is 6.00. The summed E-state index contributed by atoms with van der Waals surface area (Å²) in [4.78, 5) is 19.3. The molecule has 1 saturated heterocycles. The number of ether oxygens (including phenoxy) is 2. The Morgan fingerprint density at radius 3 is 2.27 bits per heavy atom. The van der Waals surface area contributed by atoms with Crippen LogP contribution in [0.5, 0.6) is 11.8 Å². The number of nitrogens with zero attached hydrogens (tertiary/aromatic N) is 4. The van der Waals surface area contributed by atoms with Gasteiger partial charge in [0, 0.05) is 36.7 Å². The first-order valence-corrected chi connectivity index (χ1v) is 13.5. The number of amides is 1. The lowest BCUT2D eigenvalue weighted by Gasteiger charge is -2.33. The first-order valence-electron chi connectivity index (χ1n) is 13.5. The van der Waals surface area contributed by atoms with Gasteiger partial charge in [-0.3, -0.25) is 9.48 Å². The molecule has 0 saturated carbocycles. The Kier molecular flexibility index (Phi) is 7.19. The van der Waals surface area contributed by atoms with Gasteiger partial charge in [0.25, 0.3) is 0 Å². The number of pyridine rings is 1. The molecule has 0 spiro atoms. The van der Waals surface area contributed by atoms with Crippen molar-refractivity contribution in [3.63, 3.8) is 0 Å². The molecular weight excluding hydrogens is 500 g/mol. The van der Waals surface area contributed by atoms with Gasteiger partial charge < -0.3 is 14.4 Å². The van der Waals surface area contributed by atoms with E-state index in [1.807, 2.05) is 108 Å². The summed E-state index contributed by atoms with van der Waals surface area (Å²) in [7, 11) is 1.92. The Hall–Kier alpha value is -4.65. The predicted octanol–water partition coefficient (Wildman–Crippen LogP) is 6.51. The maximum atomic E-state index is 12.7. The summed E-state index contributed by atoms with van der Waals surface area (Å²) in [5.41, 5.74) is 5.46. The third-order valence-corrected chi connectivity index (χ3v) is 7.19. The summed E-state index contributed by atoms with van der Waals surface area (Å²) in [6.45, 7) is 2.85. The maximum absolute atomic E-state index is 12.7. The van der Waals surface area contributed by atoms with Crippen molar-refractivity contribution in [2.45, 2.75) is 39.0 Å². The van der Waals surface area contributed by atoms with E-state index in [2.05, 4.69) is 13.3 Å². The average Bonchev–Trinajstić information content (AvgIpc) is 3.31. The van der Waals surface area contributed by atoms with Crippen molar-refractivity contribution in [1.82, 2.24) is 14.8 Å². The lowest BCUT2D eigenvalue weighted by atomic mass is 10.0. The molecule has 0 unspecified atom stereocenters. The SMILES string of the molecule is C[C@@H]1C[CH]CC(=O)N1c1ccc2c(-c3ccc(OCc4ccccc4)nc3OCc3ccccc3)nn(C)c2c1. The van der Waals surface area contributed by atoms with Crippen LogP contribution < -0.4 is 14.4 Å². The summed E-state index contributed by atoms with van der Waals surface area (Å²) in [6, 6.07) is 30.0. The Labute approximate surface area is 234 Å². The van der Waals surface area contributed by atoms with E-state index >= 15 is 0 Å². The number of aromatic nitrogens is 3. The van der Waals surface area contributed by atoms with Crippen molar-refractivity contribution in [2.24, 2.45) is 7.05 Å². The molecule has 2 aromatic heterocycles. The zero-order chi connectivity index (χ0) is 27.5. The van der Waals surface area contributed by atoms with Crippen molar-refractivity contribution in [3.8, 4) is 23.0 Å². The summed E-state index contributed by atoms with van der Waals surface area (Å²) < 4.78 is 14.1. The topological polar surface area (TPSA) is 69.5 Å². The molecule has 0 aliphatic carbocycles. The predicted molar refractivity (Wildman–Crippen MR) is 156 cm³/mol. The number of carbonyl (C=O) groups excluding carboxylic acids is 1. The van der Waals surface area contributed by atoms with Gasteiger partial charge in [-0.15, -0.1) is 0 Å². The van der Waals surface area contributed by atoms with Crippen LogP contribution in [0.2, 0.25) is 0 Å². The Morgan fingerprint density at radius 1 is 0.875 bits per heavy atom. The van der Waals surface area contributed by atoms with Crippen LogP contribution >= 0.6 is 0 Å². The molecule has 3 heterocycles. The van der Waals surface area contributed by atoms with E-state index in [9.17, 15) is 4.79 Å². The van der Waals surface area contributed by atoms with Crippen molar-refractivity contribution in [3.05, 3.63) is 109 Å². The minimum Gasteiger partial charge on any atom is -0.473 e. The molecule has 0 bridgehead atoms. The third kappa shape index (κ3) is 5.27. The van der Waals surface area contributed by atoms with Crippen molar-refractivity contribution < 1.29 is 14.3 Å². The largest absolute Gasteiger partial charge is 0.473 e. The fourth-order valence-corrected chi connectivity index (χ4v) is 5.14. The van der Waals surface area contributed by atoms with Gasteiger partial charge in [0.2, 0.25) is 17.7 Å². The Morgan fingerprint density at radius 2 is 1.57 bits per heavy atom. The van der Waals surface area contributed by atoms with Crippen LogP contribution in [0, 0.1) is 6.42 Å². The van der Waals surface area contributed by atoms with Crippen LogP contribution in [0.4, 0.5) is 5.69 Å². The van der Waals surface area contributed by atoms with Gasteiger partial charge in [0.1, 0.15) is 18.9 Å². The lowest BCUT2D eigenvalue weighted by Crippen LogP contribution is -2.42. The number of carbonyl (C=O) groups is 1. The number of hydrogen-bond donors (Lipinski definition) is 0. The van der Waals surface area contributed by atoms with Crippen molar-refractivity contribution >= 4 is 22.5 Å². The van der Waals surface area contributed by atoms with Crippen LogP contribution in [0.3, 0.4) is 0 Å². The fraction of sp³-hybridized carbons (Fsp3) is 0.212. The summed E-state index contributed by atoms with van der Waals surface area (Å²) >= 11 is 0. The molecule has 3 aromatic carbocycles. The first kappa shape index (κ1) is 25.6. The molecule has 40 heavy (non-hydrogen) atoms. The number of anilines is 1. The first-order chi connectivity index (χ1) is 19.6. The minimum absolute atomic E-state index is 0.118. The number of aryl methyl sites for hydroxylation is 1. The summed E-state index contributed by atoms with van der Waals surface area (Å²) in [6.07, 6.45) is 3.40. The molecule has 1 aliphatic rings. The maximum Gasteiger partial charge on any atom is 0.227 e. The second kappa shape index (κ2) is 11.2. The van der Waals surface area contributed by atoms with Gasteiger partial charge in [0.05, 0.1) is 11.1 Å². The van der Waals surface area contributed by atoms with Crippen LogP contribution in [0.25, 0.3) is 22.2 Å². The molecule has 1 aliphatic heterocycles. The Bertz CT molecular complexity index is 1630. The van der Waals surface area contributed by atoms with Crippen LogP contribution in [-0.4, -0.2) is 26.7 Å². The van der Waals surface area contributed by atoms with Crippen molar-refractivity contribution in [1.29, 1.82) is 0 Å². The van der Waals surface area contributed by atoms with Gasteiger partial charge in [-0.2, -0.15) is 10.1 Å². The highest BCUT2D eigenvalue weighted by Crippen LogP contribution is 2.37. The molecule has 6 rings (SSSR count). The number of fused-ring (bicyclic) bond motifs is 1. The van der Waals surface area contributed by atoms with E-state index in [4.69, 9.17) is 19.6 Å². The number of piperidine rings is 1. The van der Waals surface area contributed by atoms with E-state index in [-0.39, 0.29) is 11.9 Å². The van der Waals surface area contributed by atoms with Crippen LogP contribution in [0.15, 0.2) is 91.0 Å². The van der Waals surface area contributed by atoms with Gasteiger partial charge in [-0.1, -0.05) is 60.7 Å². The number of rotatable bonds is 8. The van der Waals surface area contributed by atoms with Gasteiger partial charge in [-0.25, -0.2) is 0 Å². The highest BCUT2D eigenvalue weighted by Gasteiger charge is 2.27. The van der Waals surface area contributed by atoms with Gasteiger partial charge >= 0.3 is 0 Å². The normalized spacial score (nSPS) is 15.4.